The maximum absolute atomic E-state index is 5.81. The fourth-order valence-electron chi connectivity index (χ4n) is 2.58. The van der Waals surface area contributed by atoms with Crippen LogP contribution in [0.5, 0.6) is 11.5 Å². The minimum absolute atomic E-state index is 0.0473. The minimum Gasteiger partial charge on any atom is -0.493 e. The molecule has 0 saturated carbocycles. The van der Waals surface area contributed by atoms with Gasteiger partial charge in [0.05, 0.1) is 19.4 Å². The zero-order valence-corrected chi connectivity index (χ0v) is 16.4. The van der Waals surface area contributed by atoms with E-state index in [0.29, 0.717) is 22.7 Å². The van der Waals surface area contributed by atoms with Crippen LogP contribution in [0, 0.1) is 4.77 Å². The molecule has 0 aliphatic rings. The number of hydrogen-bond donors (Lipinski definition) is 1. The minimum atomic E-state index is 0.0473. The van der Waals surface area contributed by atoms with Crippen molar-refractivity contribution in [2.24, 2.45) is 5.10 Å². The zero-order chi connectivity index (χ0) is 19.2. The lowest BCUT2D eigenvalue weighted by Crippen LogP contribution is -2.07. The van der Waals surface area contributed by atoms with Gasteiger partial charge in [0.2, 0.25) is 4.77 Å². The van der Waals surface area contributed by atoms with Crippen molar-refractivity contribution in [1.29, 1.82) is 0 Å². The zero-order valence-electron chi connectivity index (χ0n) is 15.5. The van der Waals surface area contributed by atoms with Crippen LogP contribution in [0.3, 0.4) is 0 Å². The van der Waals surface area contributed by atoms with Gasteiger partial charge in [0.25, 0.3) is 0 Å². The van der Waals surface area contributed by atoms with Gasteiger partial charge >= 0.3 is 0 Å². The fourth-order valence-corrected chi connectivity index (χ4v) is 2.78. The molecule has 0 fully saturated rings. The topological polar surface area (TPSA) is 64.4 Å². The third-order valence-electron chi connectivity index (χ3n) is 3.80. The van der Waals surface area contributed by atoms with E-state index < -0.39 is 0 Å². The molecule has 0 atom stereocenters. The summed E-state index contributed by atoms with van der Waals surface area (Å²) in [5.41, 5.74) is 2.01. The third-order valence-corrected chi connectivity index (χ3v) is 4.06. The van der Waals surface area contributed by atoms with Gasteiger partial charge in [0, 0.05) is 6.42 Å². The molecule has 1 aromatic heterocycles. The van der Waals surface area contributed by atoms with E-state index in [2.05, 4.69) is 15.3 Å². The molecule has 0 spiro atoms. The van der Waals surface area contributed by atoms with Crippen molar-refractivity contribution < 1.29 is 9.47 Å². The fraction of sp³-hybridized carbons (Fsp3) is 0.250. The number of nitrogens with zero attached hydrogens (tertiary/aromatic N) is 3. The van der Waals surface area contributed by atoms with E-state index in [-0.39, 0.29) is 6.10 Å². The van der Waals surface area contributed by atoms with Crippen LogP contribution in [0.25, 0.3) is 0 Å². The van der Waals surface area contributed by atoms with Crippen molar-refractivity contribution in [3.8, 4) is 11.5 Å². The summed E-state index contributed by atoms with van der Waals surface area (Å²) in [5.74, 6) is 2.11. The van der Waals surface area contributed by atoms with E-state index in [4.69, 9.17) is 21.7 Å². The Hall–Kier alpha value is -2.93. The number of methoxy groups -OCH3 is 1. The molecule has 3 aromatic rings. The van der Waals surface area contributed by atoms with Gasteiger partial charge in [0.1, 0.15) is 0 Å². The highest BCUT2D eigenvalue weighted by atomic mass is 32.1. The Morgan fingerprint density at radius 3 is 2.67 bits per heavy atom. The molecule has 7 heteroatoms. The highest BCUT2D eigenvalue weighted by molar-refractivity contribution is 7.71. The molecule has 6 nitrogen and oxygen atoms in total. The number of hydrogen-bond acceptors (Lipinski definition) is 5. The first-order chi connectivity index (χ1) is 13.1. The monoisotopic (exact) mass is 382 g/mol. The molecule has 27 heavy (non-hydrogen) atoms. The molecule has 0 aliphatic heterocycles. The highest BCUT2D eigenvalue weighted by Crippen LogP contribution is 2.28. The largest absolute Gasteiger partial charge is 0.493 e. The molecule has 0 saturated heterocycles. The molecule has 0 radical (unpaired) electrons. The number of nitrogens with one attached hydrogen (secondary N) is 1. The van der Waals surface area contributed by atoms with Crippen molar-refractivity contribution in [3.63, 3.8) is 0 Å². The maximum Gasteiger partial charge on any atom is 0.216 e. The van der Waals surface area contributed by atoms with Crippen LogP contribution in [-0.2, 0) is 6.42 Å². The van der Waals surface area contributed by atoms with Gasteiger partial charge in [-0.2, -0.15) is 14.9 Å². The van der Waals surface area contributed by atoms with Gasteiger partial charge in [-0.05, 0) is 55.4 Å². The number of H-pyrrole nitrogens is 1. The summed E-state index contributed by atoms with van der Waals surface area (Å²) in [6.45, 7) is 3.95. The van der Waals surface area contributed by atoms with E-state index in [9.17, 15) is 0 Å². The summed E-state index contributed by atoms with van der Waals surface area (Å²) >= 11 is 5.31. The Balaban J connectivity index is 1.86. The normalized spacial score (nSPS) is 11.3. The van der Waals surface area contributed by atoms with E-state index in [1.54, 1.807) is 18.0 Å². The van der Waals surface area contributed by atoms with Crippen LogP contribution in [0.1, 0.15) is 30.8 Å². The number of aromatic nitrogens is 3. The molecule has 1 N–H and O–H groups in total. The second kappa shape index (κ2) is 8.64. The van der Waals surface area contributed by atoms with Crippen molar-refractivity contribution in [1.82, 2.24) is 14.9 Å². The lowest BCUT2D eigenvalue weighted by molar-refractivity contribution is 0.230. The number of rotatable bonds is 7. The molecule has 2 aromatic carbocycles. The Kier molecular flexibility index (Phi) is 6.03. The summed E-state index contributed by atoms with van der Waals surface area (Å²) < 4.78 is 13.2. The summed E-state index contributed by atoms with van der Waals surface area (Å²) in [6.07, 6.45) is 2.41. The lowest BCUT2D eigenvalue weighted by atomic mass is 10.1. The van der Waals surface area contributed by atoms with E-state index in [1.165, 1.54) is 0 Å². The van der Waals surface area contributed by atoms with Gasteiger partial charge in [-0.3, -0.25) is 5.10 Å². The summed E-state index contributed by atoms with van der Waals surface area (Å²) in [6, 6.07) is 15.7. The van der Waals surface area contributed by atoms with Gasteiger partial charge in [-0.25, -0.2) is 0 Å². The van der Waals surface area contributed by atoms with Gasteiger partial charge in [-0.15, -0.1) is 0 Å². The second-order valence-corrected chi connectivity index (χ2v) is 6.63. The molecular weight excluding hydrogens is 360 g/mol. The van der Waals surface area contributed by atoms with Crippen molar-refractivity contribution in [3.05, 3.63) is 70.3 Å². The van der Waals surface area contributed by atoms with Gasteiger partial charge in [-0.1, -0.05) is 30.3 Å². The lowest BCUT2D eigenvalue weighted by Gasteiger charge is -2.13. The molecule has 1 heterocycles. The molecule has 0 amide bonds. The number of ether oxygens (including phenoxy) is 2. The van der Waals surface area contributed by atoms with Crippen molar-refractivity contribution in [2.75, 3.05) is 7.11 Å². The Morgan fingerprint density at radius 1 is 1.19 bits per heavy atom. The van der Waals surface area contributed by atoms with Crippen molar-refractivity contribution >= 4 is 18.4 Å². The summed E-state index contributed by atoms with van der Waals surface area (Å²) in [4.78, 5) is 0. The first-order valence-electron chi connectivity index (χ1n) is 8.66. The van der Waals surface area contributed by atoms with Crippen LogP contribution >= 0.6 is 12.2 Å². The second-order valence-electron chi connectivity index (χ2n) is 6.24. The molecule has 0 bridgehead atoms. The first kappa shape index (κ1) is 18.8. The quantitative estimate of drug-likeness (QED) is 0.491. The number of benzene rings is 2. The van der Waals surface area contributed by atoms with Gasteiger partial charge in [0.15, 0.2) is 17.3 Å². The summed E-state index contributed by atoms with van der Waals surface area (Å²) in [5, 5.41) is 11.6. The number of aromatic amines is 1. The van der Waals surface area contributed by atoms with Crippen LogP contribution < -0.4 is 9.47 Å². The molecule has 3 rings (SSSR count). The van der Waals surface area contributed by atoms with Crippen molar-refractivity contribution in [2.45, 2.75) is 26.4 Å². The van der Waals surface area contributed by atoms with Gasteiger partial charge < -0.3 is 9.47 Å². The Bertz CT molecular complexity index is 977. The smallest absolute Gasteiger partial charge is 0.216 e. The van der Waals surface area contributed by atoms with Crippen LogP contribution in [0.4, 0.5) is 0 Å². The SMILES string of the molecule is COc1ccc(/C=N\n2c(Cc3ccccc3)n[nH]c2=S)cc1OC(C)C. The first-order valence-corrected chi connectivity index (χ1v) is 9.07. The Labute approximate surface area is 163 Å². The van der Waals surface area contributed by atoms with E-state index >= 15 is 0 Å². The standard InChI is InChI=1S/C20H22N4O2S/c1-14(2)26-18-11-16(9-10-17(18)25-3)13-21-24-19(22-23-20(24)27)12-15-7-5-4-6-8-15/h4-11,13-14H,12H2,1-3H3,(H,23,27)/b21-13-. The van der Waals surface area contributed by atoms with Crippen LogP contribution in [0.15, 0.2) is 53.6 Å². The van der Waals surface area contributed by atoms with Crippen LogP contribution in [0.2, 0.25) is 0 Å². The predicted molar refractivity (Wildman–Crippen MR) is 108 cm³/mol. The van der Waals surface area contributed by atoms with E-state index in [1.807, 2.05) is 62.4 Å². The third kappa shape index (κ3) is 4.83. The highest BCUT2D eigenvalue weighted by Gasteiger charge is 2.08. The molecule has 0 unspecified atom stereocenters. The Morgan fingerprint density at radius 2 is 1.96 bits per heavy atom. The molecular formula is C20H22N4O2S. The molecule has 140 valence electrons. The van der Waals surface area contributed by atoms with E-state index in [0.717, 1.165) is 17.0 Å². The summed E-state index contributed by atoms with van der Waals surface area (Å²) in [7, 11) is 1.62. The molecule has 0 aliphatic carbocycles. The van der Waals surface area contributed by atoms with Crippen LogP contribution in [-0.4, -0.2) is 34.3 Å². The average Bonchev–Trinajstić information content (AvgIpc) is 3.00. The predicted octanol–water partition coefficient (Wildman–Crippen LogP) is 4.21. The average molecular weight is 382 g/mol. The maximum atomic E-state index is 5.81.